The molecule has 0 aliphatic carbocycles. The molecule has 0 saturated heterocycles. The van der Waals surface area contributed by atoms with E-state index >= 15 is 0 Å². The molecular formula is C16H20FN3O. The number of methoxy groups -OCH3 is 1. The summed E-state index contributed by atoms with van der Waals surface area (Å²) in [5.74, 6) is 1.23. The maximum Gasteiger partial charge on any atom is 0.165 e. The third-order valence-corrected chi connectivity index (χ3v) is 3.82. The molecule has 21 heavy (non-hydrogen) atoms. The monoisotopic (exact) mass is 289 g/mol. The third kappa shape index (κ3) is 2.42. The lowest BCUT2D eigenvalue weighted by Gasteiger charge is -2.18. The van der Waals surface area contributed by atoms with Crippen LogP contribution in [0.4, 0.5) is 4.39 Å². The van der Waals surface area contributed by atoms with Gasteiger partial charge in [0.2, 0.25) is 0 Å². The molecule has 0 radical (unpaired) electrons. The van der Waals surface area contributed by atoms with Crippen molar-refractivity contribution in [3.63, 3.8) is 0 Å². The molecule has 1 aromatic carbocycles. The van der Waals surface area contributed by atoms with Crippen molar-refractivity contribution in [3.05, 3.63) is 41.2 Å². The van der Waals surface area contributed by atoms with Crippen LogP contribution in [0.3, 0.4) is 0 Å². The Morgan fingerprint density at radius 1 is 1.38 bits per heavy atom. The molecule has 0 unspecified atom stereocenters. The van der Waals surface area contributed by atoms with Crippen LogP contribution in [0.25, 0.3) is 5.69 Å². The highest BCUT2D eigenvalue weighted by Gasteiger charge is 2.22. The summed E-state index contributed by atoms with van der Waals surface area (Å²) < 4.78 is 20.9. The van der Waals surface area contributed by atoms with Gasteiger partial charge in [0.15, 0.2) is 11.6 Å². The van der Waals surface area contributed by atoms with Crippen molar-refractivity contribution in [3.8, 4) is 11.4 Å². The second-order valence-electron chi connectivity index (χ2n) is 5.60. The number of fused-ring (bicyclic) bond motifs is 1. The molecule has 112 valence electrons. The van der Waals surface area contributed by atoms with Gasteiger partial charge in [0.1, 0.15) is 5.82 Å². The molecule has 0 fully saturated rings. The summed E-state index contributed by atoms with van der Waals surface area (Å²) in [6.45, 7) is 5.98. The van der Waals surface area contributed by atoms with E-state index in [1.807, 2.05) is 0 Å². The molecule has 1 aromatic heterocycles. The Morgan fingerprint density at radius 3 is 2.90 bits per heavy atom. The van der Waals surface area contributed by atoms with Crippen molar-refractivity contribution >= 4 is 0 Å². The summed E-state index contributed by atoms with van der Waals surface area (Å²) in [4.78, 5) is 4.77. The van der Waals surface area contributed by atoms with Gasteiger partial charge in [-0.3, -0.25) is 4.57 Å². The highest BCUT2D eigenvalue weighted by atomic mass is 19.1. The number of imidazole rings is 1. The zero-order chi connectivity index (χ0) is 15.0. The summed E-state index contributed by atoms with van der Waals surface area (Å²) in [5.41, 5.74) is 3.21. The van der Waals surface area contributed by atoms with E-state index in [-0.39, 0.29) is 11.6 Å². The van der Waals surface area contributed by atoms with Crippen LogP contribution in [0.15, 0.2) is 18.2 Å². The first kappa shape index (κ1) is 14.1. The van der Waals surface area contributed by atoms with E-state index in [1.165, 1.54) is 18.9 Å². The standard InChI is InChI=1S/C16H20FN3O/c1-10(2)16-19-13-9-18-7-6-14(13)20(16)11-4-5-12(17)15(8-11)21-3/h4-5,8,10,18H,6-7,9H2,1-3H3. The number of ether oxygens (including phenoxy) is 1. The van der Waals surface area contributed by atoms with Gasteiger partial charge in [-0.05, 0) is 12.1 Å². The minimum atomic E-state index is -0.344. The molecule has 0 amide bonds. The molecule has 1 aliphatic rings. The Labute approximate surface area is 124 Å². The molecular weight excluding hydrogens is 269 g/mol. The maximum atomic E-state index is 13.6. The Balaban J connectivity index is 2.18. The highest BCUT2D eigenvalue weighted by Crippen LogP contribution is 2.28. The van der Waals surface area contributed by atoms with Crippen LogP contribution in [0, 0.1) is 5.82 Å². The lowest BCUT2D eigenvalue weighted by molar-refractivity contribution is 0.386. The maximum absolute atomic E-state index is 13.6. The van der Waals surface area contributed by atoms with Gasteiger partial charge in [-0.15, -0.1) is 0 Å². The number of aromatic nitrogens is 2. The van der Waals surface area contributed by atoms with Crippen LogP contribution < -0.4 is 10.1 Å². The van der Waals surface area contributed by atoms with E-state index in [0.717, 1.165) is 36.7 Å². The van der Waals surface area contributed by atoms with Crippen LogP contribution >= 0.6 is 0 Å². The van der Waals surface area contributed by atoms with E-state index in [1.54, 1.807) is 12.1 Å². The van der Waals surface area contributed by atoms with Gasteiger partial charge < -0.3 is 10.1 Å². The van der Waals surface area contributed by atoms with Gasteiger partial charge in [0.25, 0.3) is 0 Å². The van der Waals surface area contributed by atoms with Crippen LogP contribution in [-0.2, 0) is 13.0 Å². The first-order chi connectivity index (χ1) is 10.1. The predicted octanol–water partition coefficient (Wildman–Crippen LogP) is 2.79. The molecule has 2 heterocycles. The molecule has 3 rings (SSSR count). The van der Waals surface area contributed by atoms with E-state index in [2.05, 4.69) is 23.7 Å². The summed E-state index contributed by atoms with van der Waals surface area (Å²) in [7, 11) is 1.48. The number of hydrogen-bond acceptors (Lipinski definition) is 3. The summed E-state index contributed by atoms with van der Waals surface area (Å²) in [6.07, 6.45) is 0.925. The van der Waals surface area contributed by atoms with Crippen LogP contribution in [-0.4, -0.2) is 23.2 Å². The van der Waals surface area contributed by atoms with Crippen LogP contribution in [0.1, 0.15) is 37.0 Å². The molecule has 0 bridgehead atoms. The van der Waals surface area contributed by atoms with Gasteiger partial charge in [0, 0.05) is 37.2 Å². The summed E-state index contributed by atoms with van der Waals surface area (Å²) >= 11 is 0. The molecule has 0 atom stereocenters. The summed E-state index contributed by atoms with van der Waals surface area (Å²) in [5, 5.41) is 3.34. The minimum Gasteiger partial charge on any atom is -0.494 e. The molecule has 5 heteroatoms. The number of halogens is 1. The fourth-order valence-electron chi connectivity index (χ4n) is 2.79. The number of rotatable bonds is 3. The van der Waals surface area contributed by atoms with Gasteiger partial charge in [-0.2, -0.15) is 0 Å². The van der Waals surface area contributed by atoms with E-state index in [9.17, 15) is 4.39 Å². The molecule has 0 spiro atoms. The van der Waals surface area contributed by atoms with Crippen molar-refractivity contribution in [1.82, 2.24) is 14.9 Å². The molecule has 2 aromatic rings. The van der Waals surface area contributed by atoms with E-state index < -0.39 is 0 Å². The zero-order valence-electron chi connectivity index (χ0n) is 12.6. The smallest absolute Gasteiger partial charge is 0.165 e. The fourth-order valence-corrected chi connectivity index (χ4v) is 2.79. The lowest BCUT2D eigenvalue weighted by Crippen LogP contribution is -2.24. The zero-order valence-corrected chi connectivity index (χ0v) is 12.6. The first-order valence-corrected chi connectivity index (χ1v) is 7.27. The Bertz CT molecular complexity index is 664. The van der Waals surface area contributed by atoms with Crippen molar-refractivity contribution in [2.24, 2.45) is 0 Å². The largest absolute Gasteiger partial charge is 0.494 e. The molecule has 0 saturated carbocycles. The van der Waals surface area contributed by atoms with Crippen LogP contribution in [0.5, 0.6) is 5.75 Å². The topological polar surface area (TPSA) is 39.1 Å². The minimum absolute atomic E-state index is 0.263. The first-order valence-electron chi connectivity index (χ1n) is 7.27. The van der Waals surface area contributed by atoms with E-state index in [0.29, 0.717) is 5.92 Å². The number of nitrogens with one attached hydrogen (secondary N) is 1. The van der Waals surface area contributed by atoms with Crippen molar-refractivity contribution in [2.75, 3.05) is 13.7 Å². The number of hydrogen-bond donors (Lipinski definition) is 1. The van der Waals surface area contributed by atoms with Gasteiger partial charge in [-0.25, -0.2) is 9.37 Å². The highest BCUT2D eigenvalue weighted by molar-refractivity contribution is 5.44. The fraction of sp³-hybridized carbons (Fsp3) is 0.438. The molecule has 1 N–H and O–H groups in total. The average Bonchev–Trinajstić information content (AvgIpc) is 2.87. The quantitative estimate of drug-likeness (QED) is 0.944. The Hall–Kier alpha value is -1.88. The van der Waals surface area contributed by atoms with Crippen molar-refractivity contribution in [1.29, 1.82) is 0 Å². The Morgan fingerprint density at radius 2 is 2.19 bits per heavy atom. The van der Waals surface area contributed by atoms with Gasteiger partial charge in [0.05, 0.1) is 18.5 Å². The van der Waals surface area contributed by atoms with Crippen LogP contribution in [0.2, 0.25) is 0 Å². The molecule has 1 aliphatic heterocycles. The normalized spacial score (nSPS) is 14.3. The molecule has 4 nitrogen and oxygen atoms in total. The summed E-state index contributed by atoms with van der Waals surface area (Å²) in [6, 6.07) is 4.98. The van der Waals surface area contributed by atoms with Gasteiger partial charge >= 0.3 is 0 Å². The average molecular weight is 289 g/mol. The third-order valence-electron chi connectivity index (χ3n) is 3.82. The van der Waals surface area contributed by atoms with E-state index in [4.69, 9.17) is 9.72 Å². The predicted molar refractivity (Wildman–Crippen MR) is 79.6 cm³/mol. The van der Waals surface area contributed by atoms with Crippen molar-refractivity contribution < 1.29 is 9.13 Å². The Kier molecular flexibility index (Phi) is 3.68. The number of nitrogens with zero attached hydrogens (tertiary/aromatic N) is 2. The second-order valence-corrected chi connectivity index (χ2v) is 5.60. The van der Waals surface area contributed by atoms with Gasteiger partial charge in [-0.1, -0.05) is 13.8 Å². The SMILES string of the molecule is COc1cc(-n2c(C(C)C)nc3c2CCNC3)ccc1F. The van der Waals surface area contributed by atoms with Crippen molar-refractivity contribution in [2.45, 2.75) is 32.7 Å². The lowest BCUT2D eigenvalue weighted by atomic mass is 10.1. The second kappa shape index (κ2) is 5.48. The number of benzene rings is 1.